The molecule has 0 unspecified atom stereocenters. The normalized spacial score (nSPS) is 17.7. The van der Waals surface area contributed by atoms with Crippen molar-refractivity contribution in [2.75, 3.05) is 5.32 Å². The monoisotopic (exact) mass is 226 g/mol. The Labute approximate surface area is 94.5 Å². The molecule has 1 N–H and O–H groups in total. The van der Waals surface area contributed by atoms with Crippen molar-refractivity contribution in [1.82, 2.24) is 15.0 Å². The Morgan fingerprint density at radius 1 is 1.13 bits per heavy atom. The van der Waals surface area contributed by atoms with Crippen molar-refractivity contribution >= 4 is 17.5 Å². The molecule has 0 spiro atoms. The minimum atomic E-state index is 0.265. The second-order valence-electron chi connectivity index (χ2n) is 3.95. The maximum atomic E-state index is 5.77. The van der Waals surface area contributed by atoms with Gasteiger partial charge in [-0.25, -0.2) is 4.98 Å². The molecule has 0 amide bonds. The van der Waals surface area contributed by atoms with E-state index in [1.54, 1.807) is 0 Å². The molecule has 1 aliphatic rings. The molecule has 82 valence electrons. The van der Waals surface area contributed by atoms with Gasteiger partial charge in [0.25, 0.3) is 0 Å². The summed E-state index contributed by atoms with van der Waals surface area (Å²) < 4.78 is 0. The molecule has 0 bridgehead atoms. The van der Waals surface area contributed by atoms with Gasteiger partial charge in [0.2, 0.25) is 11.2 Å². The van der Waals surface area contributed by atoms with E-state index in [-0.39, 0.29) is 5.28 Å². The smallest absolute Gasteiger partial charge is 0.227 e. The Hall–Kier alpha value is -0.900. The number of nitrogens with one attached hydrogen (secondary N) is 1. The van der Waals surface area contributed by atoms with Gasteiger partial charge in [-0.3, -0.25) is 0 Å². The van der Waals surface area contributed by atoms with Gasteiger partial charge in [0.05, 0.1) is 0 Å². The highest BCUT2D eigenvalue weighted by Gasteiger charge is 2.14. The molecule has 1 aliphatic carbocycles. The van der Waals surface area contributed by atoms with Crippen molar-refractivity contribution in [1.29, 1.82) is 0 Å². The average Bonchev–Trinajstić information content (AvgIpc) is 2.17. The number of anilines is 1. The van der Waals surface area contributed by atoms with E-state index in [2.05, 4.69) is 20.3 Å². The van der Waals surface area contributed by atoms with Crippen LogP contribution in [0.3, 0.4) is 0 Å². The van der Waals surface area contributed by atoms with Crippen LogP contribution in [0.2, 0.25) is 5.28 Å². The third kappa shape index (κ3) is 3.02. The van der Waals surface area contributed by atoms with E-state index < -0.39 is 0 Å². The second kappa shape index (κ2) is 4.75. The number of hydrogen-bond acceptors (Lipinski definition) is 4. The van der Waals surface area contributed by atoms with Gasteiger partial charge in [-0.05, 0) is 31.4 Å². The predicted octanol–water partition coefficient (Wildman–Crippen LogP) is 2.58. The molecule has 2 rings (SSSR count). The van der Waals surface area contributed by atoms with E-state index in [9.17, 15) is 0 Å². The first kappa shape index (κ1) is 10.6. The lowest BCUT2D eigenvalue weighted by atomic mass is 9.96. The zero-order valence-electron chi connectivity index (χ0n) is 8.83. The van der Waals surface area contributed by atoms with Crippen molar-refractivity contribution in [2.45, 2.75) is 45.1 Å². The summed E-state index contributed by atoms with van der Waals surface area (Å²) in [5.41, 5.74) is 0. The van der Waals surface area contributed by atoms with Crippen LogP contribution in [0.1, 0.15) is 37.9 Å². The number of aromatic nitrogens is 3. The number of rotatable bonds is 2. The summed E-state index contributed by atoms with van der Waals surface area (Å²) in [7, 11) is 0. The van der Waals surface area contributed by atoms with Gasteiger partial charge >= 0.3 is 0 Å². The summed E-state index contributed by atoms with van der Waals surface area (Å²) >= 11 is 5.77. The van der Waals surface area contributed by atoms with Gasteiger partial charge in [-0.1, -0.05) is 19.3 Å². The van der Waals surface area contributed by atoms with Crippen LogP contribution in [0.5, 0.6) is 0 Å². The number of halogens is 1. The average molecular weight is 227 g/mol. The van der Waals surface area contributed by atoms with Crippen LogP contribution in [-0.4, -0.2) is 21.0 Å². The number of nitrogens with zero attached hydrogens (tertiary/aromatic N) is 3. The molecular formula is C10H15ClN4. The molecular weight excluding hydrogens is 212 g/mol. The summed E-state index contributed by atoms with van der Waals surface area (Å²) in [5, 5.41) is 3.58. The molecule has 0 saturated heterocycles. The van der Waals surface area contributed by atoms with E-state index >= 15 is 0 Å². The van der Waals surface area contributed by atoms with Gasteiger partial charge in [0.15, 0.2) is 0 Å². The summed E-state index contributed by atoms with van der Waals surface area (Å²) in [4.78, 5) is 12.2. The standard InChI is InChI=1S/C10H15ClN4/c1-7-12-9(11)15-10(13-7)14-8-5-3-2-4-6-8/h8H,2-6H2,1H3,(H,12,13,14,15). The predicted molar refractivity (Wildman–Crippen MR) is 60.1 cm³/mol. The highest BCUT2D eigenvalue weighted by Crippen LogP contribution is 2.20. The van der Waals surface area contributed by atoms with Gasteiger partial charge in [-0.2, -0.15) is 9.97 Å². The first-order valence-electron chi connectivity index (χ1n) is 5.39. The number of aryl methyl sites for hydroxylation is 1. The van der Waals surface area contributed by atoms with Gasteiger partial charge in [-0.15, -0.1) is 0 Å². The first-order valence-corrected chi connectivity index (χ1v) is 5.76. The maximum absolute atomic E-state index is 5.77. The zero-order valence-corrected chi connectivity index (χ0v) is 9.59. The van der Waals surface area contributed by atoms with Crippen molar-refractivity contribution in [3.8, 4) is 0 Å². The largest absolute Gasteiger partial charge is 0.351 e. The van der Waals surface area contributed by atoms with Crippen molar-refractivity contribution in [3.05, 3.63) is 11.1 Å². The summed E-state index contributed by atoms with van der Waals surface area (Å²) in [6.07, 6.45) is 6.31. The summed E-state index contributed by atoms with van der Waals surface area (Å²) in [5.74, 6) is 1.27. The highest BCUT2D eigenvalue weighted by molar-refractivity contribution is 6.28. The van der Waals surface area contributed by atoms with Crippen molar-refractivity contribution in [3.63, 3.8) is 0 Å². The maximum Gasteiger partial charge on any atom is 0.227 e. The Morgan fingerprint density at radius 2 is 1.87 bits per heavy atom. The van der Waals surface area contributed by atoms with Gasteiger partial charge < -0.3 is 5.32 Å². The molecule has 0 radical (unpaired) electrons. The van der Waals surface area contributed by atoms with Crippen LogP contribution in [0.25, 0.3) is 0 Å². The Bertz CT molecular complexity index is 316. The lowest BCUT2D eigenvalue weighted by Crippen LogP contribution is -2.23. The zero-order chi connectivity index (χ0) is 10.7. The van der Waals surface area contributed by atoms with Crippen LogP contribution >= 0.6 is 11.6 Å². The molecule has 1 heterocycles. The first-order chi connectivity index (χ1) is 7.24. The molecule has 1 saturated carbocycles. The van der Waals surface area contributed by atoms with Crippen LogP contribution in [0.4, 0.5) is 5.95 Å². The van der Waals surface area contributed by atoms with Crippen LogP contribution in [0, 0.1) is 6.92 Å². The van der Waals surface area contributed by atoms with E-state index in [0.717, 1.165) is 0 Å². The van der Waals surface area contributed by atoms with E-state index in [0.29, 0.717) is 17.8 Å². The minimum absolute atomic E-state index is 0.265. The molecule has 1 aromatic heterocycles. The van der Waals surface area contributed by atoms with Crippen molar-refractivity contribution < 1.29 is 0 Å². The highest BCUT2D eigenvalue weighted by atomic mass is 35.5. The Morgan fingerprint density at radius 3 is 2.53 bits per heavy atom. The molecule has 1 aromatic rings. The Kier molecular flexibility index (Phi) is 3.36. The Balaban J connectivity index is 2.02. The molecule has 0 aromatic carbocycles. The van der Waals surface area contributed by atoms with Crippen LogP contribution in [-0.2, 0) is 0 Å². The summed E-state index contributed by atoms with van der Waals surface area (Å²) in [6, 6.07) is 0.497. The van der Waals surface area contributed by atoms with Crippen LogP contribution in [0.15, 0.2) is 0 Å². The van der Waals surface area contributed by atoms with E-state index in [1.165, 1.54) is 32.1 Å². The number of hydrogen-bond donors (Lipinski definition) is 1. The van der Waals surface area contributed by atoms with Crippen LogP contribution < -0.4 is 5.32 Å². The topological polar surface area (TPSA) is 50.7 Å². The minimum Gasteiger partial charge on any atom is -0.351 e. The molecule has 1 fully saturated rings. The molecule has 4 nitrogen and oxygen atoms in total. The fourth-order valence-corrected chi connectivity index (χ4v) is 2.15. The fraction of sp³-hybridized carbons (Fsp3) is 0.700. The fourth-order valence-electron chi connectivity index (χ4n) is 1.94. The third-order valence-corrected chi connectivity index (χ3v) is 2.83. The lowest BCUT2D eigenvalue weighted by Gasteiger charge is -2.22. The molecule has 0 aliphatic heterocycles. The molecule has 15 heavy (non-hydrogen) atoms. The lowest BCUT2D eigenvalue weighted by molar-refractivity contribution is 0.460. The molecule has 5 heteroatoms. The quantitative estimate of drug-likeness (QED) is 0.842. The second-order valence-corrected chi connectivity index (χ2v) is 4.29. The van der Waals surface area contributed by atoms with Gasteiger partial charge in [0.1, 0.15) is 5.82 Å². The van der Waals surface area contributed by atoms with E-state index in [1.807, 2.05) is 6.92 Å². The van der Waals surface area contributed by atoms with E-state index in [4.69, 9.17) is 11.6 Å². The third-order valence-electron chi connectivity index (χ3n) is 2.66. The van der Waals surface area contributed by atoms with Crippen molar-refractivity contribution in [2.24, 2.45) is 0 Å². The summed E-state index contributed by atoms with van der Waals surface area (Å²) in [6.45, 7) is 1.82. The SMILES string of the molecule is Cc1nc(Cl)nc(NC2CCCCC2)n1. The van der Waals surface area contributed by atoms with Gasteiger partial charge in [0, 0.05) is 6.04 Å². The molecule has 0 atom stereocenters.